The number of methoxy groups -OCH3 is 1. The Morgan fingerprint density at radius 1 is 1.14 bits per heavy atom. The van der Waals surface area contributed by atoms with Crippen molar-refractivity contribution < 1.29 is 9.53 Å². The van der Waals surface area contributed by atoms with Crippen molar-refractivity contribution in [3.05, 3.63) is 99.1 Å². The van der Waals surface area contributed by atoms with Gasteiger partial charge in [-0.1, -0.05) is 30.3 Å². The number of ether oxygens (including phenoxy) is 1. The zero-order chi connectivity index (χ0) is 24.8. The molecular formula is C24H25N7O4. The maximum absolute atomic E-state index is 13.5. The number of carbonyl (C=O) groups excluding carboxylic acids is 1. The second-order valence-electron chi connectivity index (χ2n) is 7.72. The van der Waals surface area contributed by atoms with Crippen molar-refractivity contribution in [2.75, 3.05) is 30.9 Å². The molecule has 0 aliphatic heterocycles. The lowest BCUT2D eigenvalue weighted by atomic mass is 10.2. The summed E-state index contributed by atoms with van der Waals surface area (Å²) in [4.78, 5) is 46.8. The molecule has 1 amide bonds. The Hall–Kier alpha value is -4.51. The van der Waals surface area contributed by atoms with Gasteiger partial charge in [0, 0.05) is 38.9 Å². The fraction of sp³-hybridized carbons (Fsp3) is 0.208. The minimum Gasteiger partial charge on any atom is -0.385 e. The van der Waals surface area contributed by atoms with Crippen LogP contribution < -0.4 is 21.9 Å². The van der Waals surface area contributed by atoms with Crippen LogP contribution >= 0.6 is 0 Å². The number of aromatic nitrogens is 5. The minimum absolute atomic E-state index is 0.0993. The highest BCUT2D eigenvalue weighted by Crippen LogP contribution is 2.21. The molecule has 0 aliphatic carbocycles. The number of hydrogen-bond donors (Lipinski definition) is 2. The topological polar surface area (TPSA) is 141 Å². The summed E-state index contributed by atoms with van der Waals surface area (Å²) in [6, 6.07) is 14.2. The van der Waals surface area contributed by atoms with Crippen LogP contribution in [0.3, 0.4) is 0 Å². The van der Waals surface area contributed by atoms with Crippen molar-refractivity contribution in [2.45, 2.75) is 13.0 Å². The van der Waals surface area contributed by atoms with Crippen LogP contribution in [0.25, 0.3) is 5.82 Å². The van der Waals surface area contributed by atoms with Gasteiger partial charge in [-0.05, 0) is 30.2 Å². The van der Waals surface area contributed by atoms with Crippen molar-refractivity contribution in [3.63, 3.8) is 0 Å². The smallest absolute Gasteiger partial charge is 0.330 e. The Bertz CT molecular complexity index is 1390. The van der Waals surface area contributed by atoms with Crippen molar-refractivity contribution in [3.8, 4) is 5.82 Å². The van der Waals surface area contributed by atoms with Crippen LogP contribution in [-0.2, 0) is 11.3 Å². The number of hydrogen-bond acceptors (Lipinski definition) is 7. The molecule has 1 aromatic carbocycles. The first-order chi connectivity index (χ1) is 17.0. The number of H-pyrrole nitrogens is 1. The van der Waals surface area contributed by atoms with E-state index in [1.165, 1.54) is 15.7 Å². The molecule has 0 fully saturated rings. The lowest BCUT2D eigenvalue weighted by molar-refractivity contribution is 0.0983. The van der Waals surface area contributed by atoms with E-state index in [0.29, 0.717) is 18.8 Å². The van der Waals surface area contributed by atoms with Crippen LogP contribution in [-0.4, -0.2) is 50.5 Å². The van der Waals surface area contributed by atoms with Gasteiger partial charge < -0.3 is 15.4 Å². The van der Waals surface area contributed by atoms with E-state index in [1.807, 2.05) is 30.3 Å². The van der Waals surface area contributed by atoms with E-state index in [4.69, 9.17) is 10.5 Å². The SMILES string of the molecule is COCCCN(C(=O)c1ccc(-n2cccn2)nc1)c1c(N)n(Cc2ccccc2)c(=O)[nH]c1=O. The number of nitrogen functional groups attached to an aromatic ring is 1. The third-order valence-corrected chi connectivity index (χ3v) is 5.38. The largest absolute Gasteiger partial charge is 0.385 e. The van der Waals surface area contributed by atoms with Crippen LogP contribution in [0.4, 0.5) is 11.5 Å². The fourth-order valence-electron chi connectivity index (χ4n) is 3.65. The van der Waals surface area contributed by atoms with Gasteiger partial charge in [0.2, 0.25) is 0 Å². The van der Waals surface area contributed by atoms with E-state index in [1.54, 1.807) is 42.4 Å². The molecule has 3 N–H and O–H groups in total. The standard InChI is InChI=1S/C24H25N7O4/c1-35-14-6-12-29(23(33)18-9-10-19(26-15-18)31-13-5-11-27-31)20-21(25)30(24(34)28-22(20)32)16-17-7-3-2-4-8-17/h2-5,7-11,13,15H,6,12,14,16,25H2,1H3,(H,28,32,34). The number of pyridine rings is 1. The molecule has 11 heteroatoms. The Labute approximate surface area is 200 Å². The summed E-state index contributed by atoms with van der Waals surface area (Å²) < 4.78 is 7.92. The van der Waals surface area contributed by atoms with Gasteiger partial charge in [-0.15, -0.1) is 0 Å². The predicted molar refractivity (Wildman–Crippen MR) is 131 cm³/mol. The Balaban J connectivity index is 1.73. The van der Waals surface area contributed by atoms with Crippen molar-refractivity contribution in [2.24, 2.45) is 0 Å². The van der Waals surface area contributed by atoms with Gasteiger partial charge in [0.05, 0.1) is 12.1 Å². The first-order valence-corrected chi connectivity index (χ1v) is 10.9. The second kappa shape index (κ2) is 10.6. The van der Waals surface area contributed by atoms with E-state index in [9.17, 15) is 14.4 Å². The van der Waals surface area contributed by atoms with Gasteiger partial charge in [-0.25, -0.2) is 14.5 Å². The van der Waals surface area contributed by atoms with Gasteiger partial charge in [-0.3, -0.25) is 19.1 Å². The molecular weight excluding hydrogens is 450 g/mol. The third kappa shape index (κ3) is 5.20. The lowest BCUT2D eigenvalue weighted by Crippen LogP contribution is -2.42. The Morgan fingerprint density at radius 3 is 2.60 bits per heavy atom. The Kier molecular flexibility index (Phi) is 7.17. The van der Waals surface area contributed by atoms with Crippen LogP contribution in [0.15, 0.2) is 76.7 Å². The van der Waals surface area contributed by atoms with E-state index in [-0.39, 0.29) is 30.2 Å². The number of nitrogens with zero attached hydrogens (tertiary/aromatic N) is 5. The summed E-state index contributed by atoms with van der Waals surface area (Å²) >= 11 is 0. The number of aromatic amines is 1. The van der Waals surface area contributed by atoms with Crippen LogP contribution in [0, 0.1) is 0 Å². The van der Waals surface area contributed by atoms with Crippen molar-refractivity contribution in [1.82, 2.24) is 24.3 Å². The molecule has 0 saturated carbocycles. The molecule has 0 atom stereocenters. The van der Waals surface area contributed by atoms with E-state index in [2.05, 4.69) is 15.1 Å². The average molecular weight is 476 g/mol. The predicted octanol–water partition coefficient (Wildman–Crippen LogP) is 1.43. The molecule has 3 aromatic heterocycles. The fourth-order valence-corrected chi connectivity index (χ4v) is 3.65. The molecule has 0 unspecified atom stereocenters. The highest BCUT2D eigenvalue weighted by Gasteiger charge is 2.25. The van der Waals surface area contributed by atoms with E-state index < -0.39 is 17.2 Å². The number of anilines is 2. The monoisotopic (exact) mass is 475 g/mol. The van der Waals surface area contributed by atoms with Gasteiger partial charge in [0.1, 0.15) is 5.82 Å². The maximum Gasteiger partial charge on any atom is 0.330 e. The number of carbonyl (C=O) groups is 1. The quantitative estimate of drug-likeness (QED) is 0.349. The van der Waals surface area contributed by atoms with Crippen LogP contribution in [0.5, 0.6) is 0 Å². The zero-order valence-electron chi connectivity index (χ0n) is 19.1. The normalized spacial score (nSPS) is 10.9. The molecule has 3 heterocycles. The summed E-state index contributed by atoms with van der Waals surface area (Å²) in [5.74, 6) is -0.0523. The molecule has 11 nitrogen and oxygen atoms in total. The molecule has 4 aromatic rings. The van der Waals surface area contributed by atoms with E-state index >= 15 is 0 Å². The van der Waals surface area contributed by atoms with Crippen LogP contribution in [0.2, 0.25) is 0 Å². The highest BCUT2D eigenvalue weighted by atomic mass is 16.5. The number of nitrogens with two attached hydrogens (primary N) is 1. The molecule has 180 valence electrons. The lowest BCUT2D eigenvalue weighted by Gasteiger charge is -2.24. The summed E-state index contributed by atoms with van der Waals surface area (Å²) in [5.41, 5.74) is 5.89. The molecule has 0 radical (unpaired) electrons. The first-order valence-electron chi connectivity index (χ1n) is 10.9. The number of benzene rings is 1. The molecule has 0 saturated heterocycles. The van der Waals surface area contributed by atoms with Gasteiger partial charge in [0.25, 0.3) is 11.5 Å². The second-order valence-corrected chi connectivity index (χ2v) is 7.72. The molecule has 4 rings (SSSR count). The minimum atomic E-state index is -0.747. The van der Waals surface area contributed by atoms with Gasteiger partial charge in [0.15, 0.2) is 11.5 Å². The van der Waals surface area contributed by atoms with Crippen molar-refractivity contribution >= 4 is 17.4 Å². The zero-order valence-corrected chi connectivity index (χ0v) is 19.1. The van der Waals surface area contributed by atoms with Crippen LogP contribution in [0.1, 0.15) is 22.3 Å². The highest BCUT2D eigenvalue weighted by molar-refractivity contribution is 6.07. The Morgan fingerprint density at radius 2 is 1.94 bits per heavy atom. The molecule has 35 heavy (non-hydrogen) atoms. The summed E-state index contributed by atoms with van der Waals surface area (Å²) in [7, 11) is 1.55. The molecule has 0 spiro atoms. The summed E-state index contributed by atoms with van der Waals surface area (Å²) in [6.07, 6.45) is 5.21. The van der Waals surface area contributed by atoms with Gasteiger partial charge in [-0.2, -0.15) is 5.10 Å². The summed E-state index contributed by atoms with van der Waals surface area (Å²) in [5, 5.41) is 4.12. The number of rotatable bonds is 9. The van der Waals surface area contributed by atoms with E-state index in [0.717, 1.165) is 5.56 Å². The maximum atomic E-state index is 13.5. The average Bonchev–Trinajstić information content (AvgIpc) is 3.41. The summed E-state index contributed by atoms with van der Waals surface area (Å²) in [6.45, 7) is 0.641. The molecule has 0 bridgehead atoms. The number of nitrogens with one attached hydrogen (secondary N) is 1. The van der Waals surface area contributed by atoms with Gasteiger partial charge >= 0.3 is 5.69 Å². The molecule has 0 aliphatic rings. The van der Waals surface area contributed by atoms with Crippen molar-refractivity contribution in [1.29, 1.82) is 0 Å². The first kappa shape index (κ1) is 23.6. The third-order valence-electron chi connectivity index (χ3n) is 5.38. The number of amides is 1.